The molecule has 0 bridgehead atoms. The summed E-state index contributed by atoms with van der Waals surface area (Å²) in [5.41, 5.74) is 9.65. The lowest BCUT2D eigenvalue weighted by atomic mass is 9.88. The van der Waals surface area contributed by atoms with Crippen LogP contribution in [0.5, 0.6) is 0 Å². The fourth-order valence-electron chi connectivity index (χ4n) is 2.50. The zero-order valence-electron chi connectivity index (χ0n) is 9.00. The molecule has 0 heterocycles. The Morgan fingerprint density at radius 2 is 1.93 bits per heavy atom. The van der Waals surface area contributed by atoms with Crippen molar-refractivity contribution in [3.63, 3.8) is 0 Å². The van der Waals surface area contributed by atoms with Gasteiger partial charge in [0.1, 0.15) is 0 Å². The number of nitrogens with one attached hydrogen (secondary N) is 1. The second-order valence-corrected chi connectivity index (χ2v) is 4.91. The molecule has 2 heteroatoms. The molecule has 1 aromatic rings. The quantitative estimate of drug-likeness (QED) is 0.719. The molecule has 1 atom stereocenters. The minimum atomic E-state index is 0.702. The first-order valence-corrected chi connectivity index (χ1v) is 5.94. The van der Waals surface area contributed by atoms with Gasteiger partial charge in [0.2, 0.25) is 0 Å². The molecular weight excluding hydrogens is 184 g/mol. The van der Waals surface area contributed by atoms with Gasteiger partial charge in [0.25, 0.3) is 0 Å². The van der Waals surface area contributed by atoms with Gasteiger partial charge in [0, 0.05) is 17.8 Å². The molecule has 3 N–H and O–H groups in total. The van der Waals surface area contributed by atoms with Gasteiger partial charge in [-0.05, 0) is 55.4 Å². The molecule has 2 aliphatic rings. The maximum atomic E-state index is 5.79. The Morgan fingerprint density at radius 3 is 2.73 bits per heavy atom. The molecule has 1 aromatic carbocycles. The Bertz CT molecular complexity index is 369. The lowest BCUT2D eigenvalue weighted by molar-refractivity contribution is 0.456. The minimum Gasteiger partial charge on any atom is -0.399 e. The van der Waals surface area contributed by atoms with Crippen LogP contribution in [0.4, 0.5) is 5.69 Å². The van der Waals surface area contributed by atoms with E-state index in [0.29, 0.717) is 6.04 Å². The SMILES string of the molecule is Nc1ccc2c(c1)CCC(NC1CC1)C2. The van der Waals surface area contributed by atoms with Gasteiger partial charge in [-0.1, -0.05) is 6.07 Å². The summed E-state index contributed by atoms with van der Waals surface area (Å²) in [5, 5.41) is 3.72. The number of aryl methyl sites for hydroxylation is 1. The van der Waals surface area contributed by atoms with Gasteiger partial charge in [0.05, 0.1) is 0 Å². The van der Waals surface area contributed by atoms with Crippen LogP contribution < -0.4 is 11.1 Å². The third-order valence-electron chi connectivity index (χ3n) is 3.51. The van der Waals surface area contributed by atoms with Crippen molar-refractivity contribution in [3.8, 4) is 0 Å². The monoisotopic (exact) mass is 202 g/mol. The summed E-state index contributed by atoms with van der Waals surface area (Å²) in [4.78, 5) is 0. The highest BCUT2D eigenvalue weighted by atomic mass is 15.0. The Kier molecular flexibility index (Phi) is 2.17. The summed E-state index contributed by atoms with van der Waals surface area (Å²) in [6, 6.07) is 7.89. The van der Waals surface area contributed by atoms with Crippen molar-refractivity contribution in [2.45, 2.75) is 44.2 Å². The maximum absolute atomic E-state index is 5.79. The van der Waals surface area contributed by atoms with E-state index in [0.717, 1.165) is 11.7 Å². The van der Waals surface area contributed by atoms with Crippen molar-refractivity contribution in [3.05, 3.63) is 29.3 Å². The maximum Gasteiger partial charge on any atom is 0.0316 e. The molecule has 0 amide bonds. The largest absolute Gasteiger partial charge is 0.399 e. The summed E-state index contributed by atoms with van der Waals surface area (Å²) in [6.07, 6.45) is 6.40. The molecule has 0 aromatic heterocycles. The van der Waals surface area contributed by atoms with E-state index in [1.807, 2.05) is 6.07 Å². The van der Waals surface area contributed by atoms with Gasteiger partial charge >= 0.3 is 0 Å². The average molecular weight is 202 g/mol. The van der Waals surface area contributed by atoms with E-state index in [1.165, 1.54) is 43.2 Å². The molecule has 1 unspecified atom stereocenters. The van der Waals surface area contributed by atoms with E-state index < -0.39 is 0 Å². The van der Waals surface area contributed by atoms with Crippen LogP contribution in [0.2, 0.25) is 0 Å². The number of hydrogen-bond acceptors (Lipinski definition) is 2. The highest BCUT2D eigenvalue weighted by molar-refractivity contribution is 5.46. The number of nitrogens with two attached hydrogens (primary N) is 1. The van der Waals surface area contributed by atoms with Crippen molar-refractivity contribution < 1.29 is 0 Å². The third-order valence-corrected chi connectivity index (χ3v) is 3.51. The van der Waals surface area contributed by atoms with Gasteiger partial charge in [0.15, 0.2) is 0 Å². The average Bonchev–Trinajstić information content (AvgIpc) is 3.02. The highest BCUT2D eigenvalue weighted by Crippen LogP contribution is 2.26. The zero-order chi connectivity index (χ0) is 10.3. The molecule has 2 nitrogen and oxygen atoms in total. The highest BCUT2D eigenvalue weighted by Gasteiger charge is 2.26. The van der Waals surface area contributed by atoms with Crippen LogP contribution in [0.15, 0.2) is 18.2 Å². The van der Waals surface area contributed by atoms with E-state index in [9.17, 15) is 0 Å². The fourth-order valence-corrected chi connectivity index (χ4v) is 2.50. The van der Waals surface area contributed by atoms with Crippen molar-refractivity contribution in [1.82, 2.24) is 5.32 Å². The summed E-state index contributed by atoms with van der Waals surface area (Å²) in [5.74, 6) is 0. The number of rotatable bonds is 2. The zero-order valence-corrected chi connectivity index (χ0v) is 9.00. The smallest absolute Gasteiger partial charge is 0.0316 e. The van der Waals surface area contributed by atoms with Crippen LogP contribution in [-0.2, 0) is 12.8 Å². The molecule has 80 valence electrons. The number of fused-ring (bicyclic) bond motifs is 1. The van der Waals surface area contributed by atoms with Gasteiger partial charge < -0.3 is 11.1 Å². The standard InChI is InChI=1S/C13H18N2/c14-11-3-1-10-8-13(15-12-5-6-12)4-2-9(10)7-11/h1,3,7,12-13,15H,2,4-6,8,14H2. The van der Waals surface area contributed by atoms with Crippen molar-refractivity contribution in [2.75, 3.05) is 5.73 Å². The first-order chi connectivity index (χ1) is 7.31. The van der Waals surface area contributed by atoms with Crippen molar-refractivity contribution in [2.24, 2.45) is 0 Å². The van der Waals surface area contributed by atoms with Crippen LogP contribution in [0.3, 0.4) is 0 Å². The molecule has 0 saturated heterocycles. The van der Waals surface area contributed by atoms with Gasteiger partial charge in [-0.3, -0.25) is 0 Å². The van der Waals surface area contributed by atoms with E-state index in [4.69, 9.17) is 5.73 Å². The Labute approximate surface area is 90.9 Å². The number of nitrogen functional groups attached to an aromatic ring is 1. The van der Waals surface area contributed by atoms with Gasteiger partial charge in [-0.25, -0.2) is 0 Å². The number of hydrogen-bond donors (Lipinski definition) is 2. The van der Waals surface area contributed by atoms with E-state index in [1.54, 1.807) is 0 Å². The molecule has 0 aliphatic heterocycles. The Hall–Kier alpha value is -1.02. The lowest BCUT2D eigenvalue weighted by Crippen LogP contribution is -2.35. The minimum absolute atomic E-state index is 0.702. The number of benzene rings is 1. The molecular formula is C13H18N2. The predicted molar refractivity (Wildman–Crippen MR) is 62.8 cm³/mol. The second-order valence-electron chi connectivity index (χ2n) is 4.91. The molecule has 2 aliphatic carbocycles. The molecule has 1 fully saturated rings. The van der Waals surface area contributed by atoms with Crippen LogP contribution >= 0.6 is 0 Å². The van der Waals surface area contributed by atoms with Crippen molar-refractivity contribution in [1.29, 1.82) is 0 Å². The topological polar surface area (TPSA) is 38.0 Å². The van der Waals surface area contributed by atoms with Crippen LogP contribution in [-0.4, -0.2) is 12.1 Å². The Morgan fingerprint density at radius 1 is 1.07 bits per heavy atom. The van der Waals surface area contributed by atoms with E-state index >= 15 is 0 Å². The lowest BCUT2D eigenvalue weighted by Gasteiger charge is -2.25. The second kappa shape index (κ2) is 3.53. The Balaban J connectivity index is 1.74. The first-order valence-electron chi connectivity index (χ1n) is 5.94. The number of anilines is 1. The van der Waals surface area contributed by atoms with E-state index in [-0.39, 0.29) is 0 Å². The first kappa shape index (κ1) is 9.22. The predicted octanol–water partition coefficient (Wildman–Crippen LogP) is 1.88. The molecule has 15 heavy (non-hydrogen) atoms. The van der Waals surface area contributed by atoms with Crippen LogP contribution in [0.25, 0.3) is 0 Å². The molecule has 1 saturated carbocycles. The molecule has 3 rings (SSSR count). The summed E-state index contributed by atoms with van der Waals surface area (Å²) >= 11 is 0. The molecule has 0 radical (unpaired) electrons. The molecule has 0 spiro atoms. The van der Waals surface area contributed by atoms with Gasteiger partial charge in [-0.15, -0.1) is 0 Å². The van der Waals surface area contributed by atoms with E-state index in [2.05, 4.69) is 17.4 Å². The summed E-state index contributed by atoms with van der Waals surface area (Å²) in [7, 11) is 0. The normalized spacial score (nSPS) is 24.9. The van der Waals surface area contributed by atoms with Crippen LogP contribution in [0.1, 0.15) is 30.4 Å². The summed E-state index contributed by atoms with van der Waals surface area (Å²) < 4.78 is 0. The van der Waals surface area contributed by atoms with Gasteiger partial charge in [-0.2, -0.15) is 0 Å². The summed E-state index contributed by atoms with van der Waals surface area (Å²) in [6.45, 7) is 0. The van der Waals surface area contributed by atoms with Crippen LogP contribution in [0, 0.1) is 0 Å². The fraction of sp³-hybridized carbons (Fsp3) is 0.538. The van der Waals surface area contributed by atoms with Crippen molar-refractivity contribution >= 4 is 5.69 Å². The third kappa shape index (κ3) is 2.00.